The molecule has 0 N–H and O–H groups in total. The fraction of sp³-hybridized carbons (Fsp3) is 0.286. The van der Waals surface area contributed by atoms with E-state index in [1.165, 1.54) is 0 Å². The first-order chi connectivity index (χ1) is 5.42. The summed E-state index contributed by atoms with van der Waals surface area (Å²) >= 11 is 0. The van der Waals surface area contributed by atoms with Crippen LogP contribution in [0.2, 0.25) is 0 Å². The molecule has 2 aromatic rings. The second kappa shape index (κ2) is 2.30. The molecule has 0 saturated carbocycles. The van der Waals surface area contributed by atoms with Gasteiger partial charge in [-0.05, 0) is 6.42 Å². The van der Waals surface area contributed by atoms with Crippen molar-refractivity contribution in [3.63, 3.8) is 0 Å². The molecule has 0 atom stereocenters. The Morgan fingerprint density at radius 2 is 2.36 bits per heavy atom. The highest BCUT2D eigenvalue weighted by atomic mass is 16.5. The summed E-state index contributed by atoms with van der Waals surface area (Å²) in [5, 5.41) is 12.3. The normalized spacial score (nSPS) is 10.6. The first-order valence-corrected chi connectivity index (χ1v) is 3.46. The van der Waals surface area contributed by atoms with Gasteiger partial charge in [-0.1, -0.05) is 12.1 Å². The van der Waals surface area contributed by atoms with Gasteiger partial charge in [-0.3, -0.25) is 0 Å². The minimum absolute atomic E-state index is 0.705. The van der Waals surface area contributed by atoms with E-state index in [0.717, 1.165) is 17.5 Å². The van der Waals surface area contributed by atoms with Crippen LogP contribution in [0.25, 0.3) is 11.0 Å². The monoisotopic (exact) mass is 149 g/mol. The standard InChI is InChI=1S/C7H7N3O/c1-2-6-5-3-9-11-7(5)4-8-10-6/h3-4H,2H2,1H3. The van der Waals surface area contributed by atoms with Crippen LogP contribution in [-0.2, 0) is 6.42 Å². The summed E-state index contributed by atoms with van der Waals surface area (Å²) < 4.78 is 4.91. The van der Waals surface area contributed by atoms with Crippen LogP contribution >= 0.6 is 0 Å². The summed E-state index contributed by atoms with van der Waals surface area (Å²) in [5.74, 6) is 0. The van der Waals surface area contributed by atoms with E-state index in [0.29, 0.717) is 5.58 Å². The van der Waals surface area contributed by atoms with Gasteiger partial charge in [0, 0.05) is 0 Å². The topological polar surface area (TPSA) is 51.8 Å². The number of aromatic nitrogens is 3. The van der Waals surface area contributed by atoms with Crippen molar-refractivity contribution >= 4 is 11.0 Å². The first-order valence-electron chi connectivity index (χ1n) is 3.46. The Labute approximate surface area is 63.2 Å². The molecule has 2 heterocycles. The minimum Gasteiger partial charge on any atom is -0.354 e. The number of hydrogen-bond donors (Lipinski definition) is 0. The molecule has 2 aromatic heterocycles. The predicted octanol–water partition coefficient (Wildman–Crippen LogP) is 1.18. The van der Waals surface area contributed by atoms with Crippen LogP contribution in [-0.4, -0.2) is 15.4 Å². The van der Waals surface area contributed by atoms with Gasteiger partial charge in [0.25, 0.3) is 0 Å². The molecule has 11 heavy (non-hydrogen) atoms. The van der Waals surface area contributed by atoms with E-state index in [2.05, 4.69) is 15.4 Å². The SMILES string of the molecule is CCc1nncc2oncc12. The Morgan fingerprint density at radius 3 is 3.18 bits per heavy atom. The maximum Gasteiger partial charge on any atom is 0.188 e. The van der Waals surface area contributed by atoms with E-state index >= 15 is 0 Å². The average molecular weight is 149 g/mol. The van der Waals surface area contributed by atoms with E-state index in [1.54, 1.807) is 12.4 Å². The third kappa shape index (κ3) is 0.869. The molecule has 0 aliphatic heterocycles. The lowest BCUT2D eigenvalue weighted by Crippen LogP contribution is -1.89. The molecule has 4 heteroatoms. The van der Waals surface area contributed by atoms with Gasteiger partial charge >= 0.3 is 0 Å². The third-order valence-corrected chi connectivity index (χ3v) is 1.60. The summed E-state index contributed by atoms with van der Waals surface area (Å²) in [5.41, 5.74) is 1.64. The van der Waals surface area contributed by atoms with Crippen LogP contribution in [0.15, 0.2) is 16.9 Å². The minimum atomic E-state index is 0.705. The van der Waals surface area contributed by atoms with Crippen LogP contribution in [0.5, 0.6) is 0 Å². The average Bonchev–Trinajstić information content (AvgIpc) is 2.50. The van der Waals surface area contributed by atoms with Crippen LogP contribution in [0.4, 0.5) is 0 Å². The van der Waals surface area contributed by atoms with Crippen molar-refractivity contribution in [2.24, 2.45) is 0 Å². The maximum atomic E-state index is 4.91. The lowest BCUT2D eigenvalue weighted by molar-refractivity contribution is 0.455. The molecule has 0 radical (unpaired) electrons. The molecular formula is C7H7N3O. The van der Waals surface area contributed by atoms with Crippen LogP contribution < -0.4 is 0 Å². The Morgan fingerprint density at radius 1 is 1.45 bits per heavy atom. The molecule has 0 amide bonds. The zero-order valence-electron chi connectivity index (χ0n) is 6.11. The summed E-state index contributed by atoms with van der Waals surface area (Å²) in [6, 6.07) is 0. The van der Waals surface area contributed by atoms with Gasteiger partial charge in [0.15, 0.2) is 5.58 Å². The molecule has 0 fully saturated rings. The predicted molar refractivity (Wildman–Crippen MR) is 39.0 cm³/mol. The van der Waals surface area contributed by atoms with Crippen LogP contribution in [0, 0.1) is 0 Å². The fourth-order valence-corrected chi connectivity index (χ4v) is 1.02. The van der Waals surface area contributed by atoms with Crippen molar-refractivity contribution in [2.75, 3.05) is 0 Å². The molecule has 0 aliphatic rings. The Hall–Kier alpha value is -1.45. The van der Waals surface area contributed by atoms with Gasteiger partial charge in [-0.15, -0.1) is 0 Å². The summed E-state index contributed by atoms with van der Waals surface area (Å²) in [4.78, 5) is 0. The number of hydrogen-bond acceptors (Lipinski definition) is 4. The first kappa shape index (κ1) is 6.27. The zero-order valence-corrected chi connectivity index (χ0v) is 6.11. The Kier molecular flexibility index (Phi) is 1.31. The molecule has 0 spiro atoms. The Bertz CT molecular complexity index is 368. The van der Waals surface area contributed by atoms with Crippen molar-refractivity contribution in [3.05, 3.63) is 18.1 Å². The molecule has 0 unspecified atom stereocenters. The number of nitrogens with zero attached hydrogens (tertiary/aromatic N) is 3. The van der Waals surface area contributed by atoms with Crippen molar-refractivity contribution in [1.29, 1.82) is 0 Å². The van der Waals surface area contributed by atoms with Crippen LogP contribution in [0.3, 0.4) is 0 Å². The van der Waals surface area contributed by atoms with E-state index < -0.39 is 0 Å². The van der Waals surface area contributed by atoms with Gasteiger partial charge in [0.2, 0.25) is 0 Å². The summed E-state index contributed by atoms with van der Waals surface area (Å²) in [7, 11) is 0. The summed E-state index contributed by atoms with van der Waals surface area (Å²) in [6.07, 6.45) is 4.09. The lowest BCUT2D eigenvalue weighted by atomic mass is 10.2. The molecule has 0 bridgehead atoms. The zero-order chi connectivity index (χ0) is 7.68. The third-order valence-electron chi connectivity index (χ3n) is 1.60. The van der Waals surface area contributed by atoms with Crippen molar-refractivity contribution in [3.8, 4) is 0 Å². The van der Waals surface area contributed by atoms with E-state index in [4.69, 9.17) is 4.52 Å². The van der Waals surface area contributed by atoms with E-state index in [9.17, 15) is 0 Å². The smallest absolute Gasteiger partial charge is 0.188 e. The van der Waals surface area contributed by atoms with Gasteiger partial charge < -0.3 is 4.52 Å². The highest BCUT2D eigenvalue weighted by Crippen LogP contribution is 2.14. The van der Waals surface area contributed by atoms with Crippen LogP contribution in [0.1, 0.15) is 12.6 Å². The highest BCUT2D eigenvalue weighted by Gasteiger charge is 2.03. The van der Waals surface area contributed by atoms with Crippen molar-refractivity contribution in [2.45, 2.75) is 13.3 Å². The van der Waals surface area contributed by atoms with E-state index in [-0.39, 0.29) is 0 Å². The second-order valence-corrected chi connectivity index (χ2v) is 2.25. The van der Waals surface area contributed by atoms with Gasteiger partial charge in [-0.25, -0.2) is 0 Å². The molecular weight excluding hydrogens is 142 g/mol. The van der Waals surface area contributed by atoms with Crippen molar-refractivity contribution in [1.82, 2.24) is 15.4 Å². The lowest BCUT2D eigenvalue weighted by Gasteiger charge is -1.91. The van der Waals surface area contributed by atoms with Crippen molar-refractivity contribution < 1.29 is 4.52 Å². The maximum absolute atomic E-state index is 4.91. The molecule has 4 nitrogen and oxygen atoms in total. The molecule has 0 saturated heterocycles. The largest absolute Gasteiger partial charge is 0.354 e. The van der Waals surface area contributed by atoms with E-state index in [1.807, 2.05) is 6.92 Å². The molecule has 2 rings (SSSR count). The van der Waals surface area contributed by atoms with Gasteiger partial charge in [0.05, 0.1) is 23.5 Å². The number of rotatable bonds is 1. The molecule has 0 aromatic carbocycles. The molecule has 0 aliphatic carbocycles. The Balaban J connectivity index is 2.79. The summed E-state index contributed by atoms with van der Waals surface area (Å²) in [6.45, 7) is 2.02. The number of fused-ring (bicyclic) bond motifs is 1. The van der Waals surface area contributed by atoms with Gasteiger partial charge in [-0.2, -0.15) is 10.2 Å². The quantitative estimate of drug-likeness (QED) is 0.610. The van der Waals surface area contributed by atoms with Gasteiger partial charge in [0.1, 0.15) is 0 Å². The highest BCUT2D eigenvalue weighted by molar-refractivity contribution is 5.76. The number of aryl methyl sites for hydroxylation is 1. The fourth-order valence-electron chi connectivity index (χ4n) is 1.02. The second-order valence-electron chi connectivity index (χ2n) is 2.25. The molecule has 56 valence electrons.